The summed E-state index contributed by atoms with van der Waals surface area (Å²) in [5.74, 6) is 1.16. The van der Waals surface area contributed by atoms with Gasteiger partial charge in [0.1, 0.15) is 7.85 Å². The summed E-state index contributed by atoms with van der Waals surface area (Å²) in [4.78, 5) is 4.68. The lowest BCUT2D eigenvalue weighted by atomic mass is 9.76. The molecule has 0 aliphatic heterocycles. The molecule has 0 saturated carbocycles. The van der Waals surface area contributed by atoms with Crippen molar-refractivity contribution >= 4 is 13.3 Å². The third kappa shape index (κ3) is 2.87. The largest absolute Gasteiger partial charge is 0.332 e. The average Bonchev–Trinajstić information content (AvgIpc) is 3.18. The fourth-order valence-corrected chi connectivity index (χ4v) is 3.93. The number of nitrogens with zero attached hydrogens (tertiary/aromatic N) is 4. The summed E-state index contributed by atoms with van der Waals surface area (Å²) in [5, 5.41) is 9.04. The van der Waals surface area contributed by atoms with Gasteiger partial charge in [0.15, 0.2) is 5.69 Å². The van der Waals surface area contributed by atoms with Crippen molar-refractivity contribution in [1.82, 2.24) is 19.9 Å². The molecule has 0 atom stereocenters. The monoisotopic (exact) mass is 348 g/mol. The highest BCUT2D eigenvalue weighted by molar-refractivity contribution is 6.32. The predicted octanol–water partition coefficient (Wildman–Crippen LogP) is 2.70. The van der Waals surface area contributed by atoms with Crippen LogP contribution in [0.15, 0.2) is 22.7 Å². The Morgan fingerprint density at radius 1 is 1.31 bits per heavy atom. The van der Waals surface area contributed by atoms with E-state index in [0.29, 0.717) is 17.1 Å². The van der Waals surface area contributed by atoms with Gasteiger partial charge in [-0.1, -0.05) is 42.7 Å². The number of rotatable bonds is 3. The Morgan fingerprint density at radius 2 is 2.12 bits per heavy atom. The van der Waals surface area contributed by atoms with Crippen LogP contribution < -0.4 is 5.46 Å². The average molecular weight is 348 g/mol. The van der Waals surface area contributed by atoms with Gasteiger partial charge in [0.25, 0.3) is 5.89 Å². The van der Waals surface area contributed by atoms with E-state index >= 15 is 0 Å². The van der Waals surface area contributed by atoms with Gasteiger partial charge in [0.05, 0.1) is 0 Å². The highest BCUT2D eigenvalue weighted by Crippen LogP contribution is 2.39. The van der Waals surface area contributed by atoms with Crippen LogP contribution in [-0.2, 0) is 19.4 Å². The first-order chi connectivity index (χ1) is 12.4. The molecule has 0 spiro atoms. The molecule has 0 fully saturated rings. The van der Waals surface area contributed by atoms with Crippen LogP contribution >= 0.6 is 0 Å². The number of aryl methyl sites for hydroxylation is 2. The van der Waals surface area contributed by atoms with Crippen molar-refractivity contribution in [2.24, 2.45) is 5.41 Å². The molecule has 5 nitrogen and oxygen atoms in total. The molecule has 0 bridgehead atoms. The molecule has 6 heteroatoms. The highest BCUT2D eigenvalue weighted by Gasteiger charge is 2.32. The second-order valence-electron chi connectivity index (χ2n) is 8.17. The summed E-state index contributed by atoms with van der Waals surface area (Å²) in [6.07, 6.45) is 3.21. The maximum atomic E-state index is 5.63. The molecule has 26 heavy (non-hydrogen) atoms. The molecule has 0 amide bonds. The summed E-state index contributed by atoms with van der Waals surface area (Å²) in [6, 6.07) is 6.27. The predicted molar refractivity (Wildman–Crippen MR) is 105 cm³/mol. The third-order valence-corrected chi connectivity index (χ3v) is 5.42. The van der Waals surface area contributed by atoms with E-state index in [1.165, 1.54) is 16.7 Å². The molecule has 0 saturated heterocycles. The van der Waals surface area contributed by atoms with E-state index in [2.05, 4.69) is 68.6 Å². The molecule has 4 rings (SSSR count). The number of hydrogen-bond donors (Lipinski definition) is 0. The van der Waals surface area contributed by atoms with Crippen LogP contribution in [0.4, 0.5) is 0 Å². The fourth-order valence-electron chi connectivity index (χ4n) is 3.93. The molecule has 1 aliphatic carbocycles. The zero-order valence-corrected chi connectivity index (χ0v) is 16.3. The second kappa shape index (κ2) is 6.11. The number of fused-ring (bicyclic) bond motifs is 1. The molecular formula is C20H25BN4O. The van der Waals surface area contributed by atoms with Crippen LogP contribution in [0, 0.1) is 12.3 Å². The van der Waals surface area contributed by atoms with Crippen LogP contribution in [0.5, 0.6) is 0 Å². The summed E-state index contributed by atoms with van der Waals surface area (Å²) in [5.41, 5.74) is 7.17. The Hall–Kier alpha value is -2.37. The van der Waals surface area contributed by atoms with Crippen LogP contribution in [0.2, 0.25) is 0 Å². The molecule has 2 heterocycles. The summed E-state index contributed by atoms with van der Waals surface area (Å²) in [6.45, 7) is 9.72. The molecule has 0 N–H and O–H groups in total. The van der Waals surface area contributed by atoms with Gasteiger partial charge >= 0.3 is 0 Å². The molecular weight excluding hydrogens is 323 g/mol. The molecule has 0 unspecified atom stereocenters. The van der Waals surface area contributed by atoms with Gasteiger partial charge in [0, 0.05) is 23.4 Å². The zero-order chi connectivity index (χ0) is 18.5. The third-order valence-electron chi connectivity index (χ3n) is 5.42. The second-order valence-corrected chi connectivity index (χ2v) is 8.17. The van der Waals surface area contributed by atoms with Crippen molar-refractivity contribution in [2.75, 3.05) is 0 Å². The van der Waals surface area contributed by atoms with Gasteiger partial charge in [-0.15, -0.1) is 0 Å². The maximum absolute atomic E-state index is 5.63. The number of hydrogen-bond acceptors (Lipinski definition) is 4. The van der Waals surface area contributed by atoms with Gasteiger partial charge in [-0.3, -0.25) is 4.68 Å². The molecule has 1 aromatic carbocycles. The van der Waals surface area contributed by atoms with Gasteiger partial charge in [-0.05, 0) is 44.1 Å². The Bertz CT molecular complexity index is 970. The molecule has 1 aliphatic rings. The van der Waals surface area contributed by atoms with Crippen molar-refractivity contribution in [3.63, 3.8) is 0 Å². The summed E-state index contributed by atoms with van der Waals surface area (Å²) in [7, 11) is 2.09. The minimum Gasteiger partial charge on any atom is -0.332 e. The lowest BCUT2D eigenvalue weighted by Gasteiger charge is -2.30. The van der Waals surface area contributed by atoms with Crippen molar-refractivity contribution in [1.29, 1.82) is 0 Å². The van der Waals surface area contributed by atoms with E-state index in [-0.39, 0.29) is 0 Å². The summed E-state index contributed by atoms with van der Waals surface area (Å²) >= 11 is 0. The first-order valence-corrected chi connectivity index (χ1v) is 9.38. The Balaban J connectivity index is 1.76. The van der Waals surface area contributed by atoms with E-state index in [0.717, 1.165) is 42.6 Å². The SMILES string of the molecule is Bc1ccc(-c2noc(-c3nn(CC)c4c3CCC(C)(C)C4)n2)c(C)c1. The minimum absolute atomic E-state index is 0.316. The quantitative estimate of drug-likeness (QED) is 0.683. The standard InChI is InChI=1S/C20H25BN4O/c1-5-25-16-11-20(3,4)9-8-15(16)17(23-25)19-22-18(24-26-19)14-7-6-13(21)10-12(14)2/h6-7,10H,5,8-9,11,21H2,1-4H3. The van der Waals surface area contributed by atoms with Crippen molar-refractivity contribution in [3.05, 3.63) is 35.0 Å². The Labute approximate surface area is 155 Å². The van der Waals surface area contributed by atoms with E-state index < -0.39 is 0 Å². The molecule has 0 radical (unpaired) electrons. The zero-order valence-electron chi connectivity index (χ0n) is 16.3. The van der Waals surface area contributed by atoms with Crippen molar-refractivity contribution < 1.29 is 4.52 Å². The van der Waals surface area contributed by atoms with Gasteiger partial charge in [-0.2, -0.15) is 10.1 Å². The summed E-state index contributed by atoms with van der Waals surface area (Å²) < 4.78 is 7.73. The first-order valence-electron chi connectivity index (χ1n) is 9.38. The van der Waals surface area contributed by atoms with E-state index in [1.54, 1.807) is 0 Å². The van der Waals surface area contributed by atoms with Crippen LogP contribution in [0.25, 0.3) is 23.0 Å². The van der Waals surface area contributed by atoms with E-state index in [4.69, 9.17) is 9.62 Å². The van der Waals surface area contributed by atoms with E-state index in [9.17, 15) is 0 Å². The Morgan fingerprint density at radius 3 is 2.85 bits per heavy atom. The topological polar surface area (TPSA) is 56.7 Å². The molecule has 134 valence electrons. The lowest BCUT2D eigenvalue weighted by molar-refractivity contribution is 0.304. The highest BCUT2D eigenvalue weighted by atomic mass is 16.5. The normalized spacial score (nSPS) is 15.8. The van der Waals surface area contributed by atoms with Crippen molar-refractivity contribution in [2.45, 2.75) is 53.5 Å². The fraction of sp³-hybridized carbons (Fsp3) is 0.450. The minimum atomic E-state index is 0.316. The van der Waals surface area contributed by atoms with Crippen LogP contribution in [0.1, 0.15) is 44.0 Å². The van der Waals surface area contributed by atoms with Crippen LogP contribution in [-0.4, -0.2) is 27.8 Å². The lowest BCUT2D eigenvalue weighted by Crippen LogP contribution is -2.24. The molecule has 3 aromatic rings. The van der Waals surface area contributed by atoms with Crippen LogP contribution in [0.3, 0.4) is 0 Å². The Kier molecular flexibility index (Phi) is 4.01. The molecule has 2 aromatic heterocycles. The van der Waals surface area contributed by atoms with Gasteiger partial charge in [-0.25, -0.2) is 0 Å². The smallest absolute Gasteiger partial charge is 0.279 e. The van der Waals surface area contributed by atoms with Gasteiger partial charge in [0.2, 0.25) is 5.82 Å². The number of aromatic nitrogens is 4. The van der Waals surface area contributed by atoms with E-state index in [1.807, 2.05) is 0 Å². The first kappa shape index (κ1) is 17.1. The maximum Gasteiger partial charge on any atom is 0.279 e. The van der Waals surface area contributed by atoms with Gasteiger partial charge < -0.3 is 4.52 Å². The number of benzene rings is 1. The van der Waals surface area contributed by atoms with Crippen molar-refractivity contribution in [3.8, 4) is 23.0 Å².